The van der Waals surface area contributed by atoms with Gasteiger partial charge in [-0.2, -0.15) is 0 Å². The molecule has 0 heterocycles. The Balaban J connectivity index is 2.82. The Morgan fingerprint density at radius 3 is 2.57 bits per heavy atom. The van der Waals surface area contributed by atoms with Crippen LogP contribution in [0.4, 0.5) is 0 Å². The molecule has 0 amide bonds. The highest BCUT2D eigenvalue weighted by Gasteiger charge is 1.73. The van der Waals surface area contributed by atoms with Gasteiger partial charge in [0.05, 0.1) is 6.54 Å². The predicted octanol–water partition coefficient (Wildman–Crippen LogP) is -1.21. The quantitative estimate of drug-likeness (QED) is 0.361. The Kier molecular flexibility index (Phi) is 2.95. The second-order valence-electron chi connectivity index (χ2n) is 0.956. The summed E-state index contributed by atoms with van der Waals surface area (Å²) in [5.74, 6) is 0. The molecule has 0 aliphatic rings. The molecule has 0 radical (unpaired) electrons. The van der Waals surface area contributed by atoms with Gasteiger partial charge in [0.2, 0.25) is 0 Å². The van der Waals surface area contributed by atoms with Crippen LogP contribution >= 0.6 is 0 Å². The van der Waals surface area contributed by atoms with Crippen LogP contribution in [0.15, 0.2) is 0 Å². The van der Waals surface area contributed by atoms with E-state index in [1.54, 1.807) is 0 Å². The molecule has 0 aromatic carbocycles. The van der Waals surface area contributed by atoms with Crippen LogP contribution in [0.1, 0.15) is 0 Å². The lowest BCUT2D eigenvalue weighted by molar-refractivity contribution is -0.435. The van der Waals surface area contributed by atoms with Crippen LogP contribution in [0.3, 0.4) is 0 Å². The van der Waals surface area contributed by atoms with Gasteiger partial charge < -0.3 is 11.2 Å². The Morgan fingerprint density at radius 1 is 1.86 bits per heavy atom. The summed E-state index contributed by atoms with van der Waals surface area (Å²) < 4.78 is 0. The highest BCUT2D eigenvalue weighted by Crippen LogP contribution is 1.79. The average Bonchev–Trinajstić information content (AvgIpc) is 1.61. The molecule has 42 valence electrons. The summed E-state index contributed by atoms with van der Waals surface area (Å²) in [6.45, 7) is 0.702. The fourth-order valence-corrected chi connectivity index (χ4v) is 0.152. The standard InChI is InChI=1S/C2H6N3O2/c3-1-2-4-5(6)7/h1-3H2/q-1/p+1. The molecule has 0 aromatic rings. The van der Waals surface area contributed by atoms with Crippen LogP contribution in [0, 0.1) is 10.1 Å². The van der Waals surface area contributed by atoms with E-state index < -0.39 is 5.03 Å². The Labute approximate surface area is 40.6 Å². The molecule has 5 nitrogen and oxygen atoms in total. The molecule has 3 N–H and O–H groups in total. The molecule has 0 fully saturated rings. The number of hydrogen-bond acceptors (Lipinski definition) is 2. The van der Waals surface area contributed by atoms with E-state index >= 15 is 0 Å². The summed E-state index contributed by atoms with van der Waals surface area (Å²) in [7, 11) is 0. The van der Waals surface area contributed by atoms with Crippen molar-refractivity contribution in [3.63, 3.8) is 0 Å². The van der Waals surface area contributed by atoms with E-state index in [1.807, 2.05) is 0 Å². The fraction of sp³-hybridized carbons (Fsp3) is 1.00. The lowest BCUT2D eigenvalue weighted by Crippen LogP contribution is -2.51. The van der Waals surface area contributed by atoms with Gasteiger partial charge in [0.25, 0.3) is 0 Å². The van der Waals surface area contributed by atoms with Gasteiger partial charge in [-0.3, -0.25) is 10.1 Å². The van der Waals surface area contributed by atoms with E-state index in [1.165, 1.54) is 0 Å². The summed E-state index contributed by atoms with van der Waals surface area (Å²) in [4.78, 5) is 9.37. The van der Waals surface area contributed by atoms with Crippen LogP contribution in [-0.2, 0) is 0 Å². The third-order valence-corrected chi connectivity index (χ3v) is 0.374. The highest BCUT2D eigenvalue weighted by atomic mass is 16.7. The van der Waals surface area contributed by atoms with Gasteiger partial charge in [-0.15, -0.1) is 0 Å². The first kappa shape index (κ1) is 6.16. The Bertz CT molecular complexity index is 64.0. The van der Waals surface area contributed by atoms with Gasteiger partial charge in [0, 0.05) is 0 Å². The molecule has 0 aromatic heterocycles. The molecule has 0 spiro atoms. The van der Waals surface area contributed by atoms with E-state index in [2.05, 4.69) is 11.2 Å². The zero-order chi connectivity index (χ0) is 5.70. The number of nitro groups is 1. The van der Waals surface area contributed by atoms with Crippen LogP contribution in [-0.4, -0.2) is 18.1 Å². The molecule has 0 unspecified atom stereocenters. The van der Waals surface area contributed by atoms with E-state index in [-0.39, 0.29) is 6.54 Å². The van der Waals surface area contributed by atoms with Crippen LogP contribution in [0.5, 0.6) is 0 Å². The van der Waals surface area contributed by atoms with Gasteiger partial charge in [0.15, 0.2) is 0 Å². The first-order valence-electron chi connectivity index (χ1n) is 1.88. The van der Waals surface area contributed by atoms with Crippen LogP contribution in [0.2, 0.25) is 0 Å². The maximum atomic E-state index is 9.37. The van der Waals surface area contributed by atoms with Crippen molar-refractivity contribution < 1.29 is 10.8 Å². The molecule has 0 rings (SSSR count). The van der Waals surface area contributed by atoms with Gasteiger partial charge in [0.1, 0.15) is 0 Å². The molecule has 5 heteroatoms. The maximum absolute atomic E-state index is 9.37. The van der Waals surface area contributed by atoms with Gasteiger partial charge in [-0.25, -0.2) is 0 Å². The molecule has 0 aliphatic heterocycles. The minimum absolute atomic E-state index is 0.215. The topological polar surface area (TPSA) is 84.9 Å². The van der Waals surface area contributed by atoms with Crippen molar-refractivity contribution in [1.82, 2.24) is 0 Å². The monoisotopic (exact) mass is 105 g/mol. The van der Waals surface area contributed by atoms with E-state index in [9.17, 15) is 10.1 Å². The molecule has 0 bridgehead atoms. The molecule has 0 aliphatic carbocycles. The molecule has 7 heavy (non-hydrogen) atoms. The van der Waals surface area contributed by atoms with Crippen molar-refractivity contribution in [3.05, 3.63) is 15.5 Å². The largest absolute Gasteiger partial charge is 0.373 e. The minimum Gasteiger partial charge on any atom is -0.373 e. The summed E-state index contributed by atoms with van der Waals surface area (Å²) in [6.07, 6.45) is 0. The number of rotatable bonds is 3. The zero-order valence-corrected chi connectivity index (χ0v) is 3.83. The van der Waals surface area contributed by atoms with Crippen molar-refractivity contribution in [2.45, 2.75) is 0 Å². The second kappa shape index (κ2) is 3.35. The third-order valence-electron chi connectivity index (χ3n) is 0.374. The van der Waals surface area contributed by atoms with Crippen molar-refractivity contribution in [3.8, 4) is 0 Å². The van der Waals surface area contributed by atoms with Crippen LogP contribution in [0.25, 0.3) is 5.43 Å². The normalized spacial score (nSPS) is 8.14. The number of hydrogen-bond donors (Lipinski definition) is 1. The van der Waals surface area contributed by atoms with Crippen molar-refractivity contribution in [2.24, 2.45) is 0 Å². The highest BCUT2D eigenvalue weighted by molar-refractivity contribution is 4.55. The molecule has 0 saturated carbocycles. The van der Waals surface area contributed by atoms with E-state index in [0.29, 0.717) is 6.54 Å². The van der Waals surface area contributed by atoms with E-state index in [0.717, 1.165) is 0 Å². The van der Waals surface area contributed by atoms with Gasteiger partial charge in [-0.1, -0.05) is 0 Å². The Morgan fingerprint density at radius 2 is 2.43 bits per heavy atom. The summed E-state index contributed by atoms with van der Waals surface area (Å²) in [6, 6.07) is 0. The third kappa shape index (κ3) is 5.16. The van der Waals surface area contributed by atoms with Crippen molar-refractivity contribution in [2.75, 3.05) is 13.1 Å². The van der Waals surface area contributed by atoms with Crippen molar-refractivity contribution in [1.29, 1.82) is 0 Å². The summed E-state index contributed by atoms with van der Waals surface area (Å²) >= 11 is 0. The lowest BCUT2D eigenvalue weighted by Gasteiger charge is -2.01. The van der Waals surface area contributed by atoms with Crippen molar-refractivity contribution >= 4 is 0 Å². The van der Waals surface area contributed by atoms with Gasteiger partial charge in [-0.05, 0) is 11.6 Å². The Hall–Kier alpha value is -0.840. The van der Waals surface area contributed by atoms with Crippen LogP contribution < -0.4 is 5.73 Å². The SMILES string of the molecule is [NH3+]CC[N-][N+](=O)[O-]. The summed E-state index contributed by atoms with van der Waals surface area (Å²) in [5, 5.41) is 8.67. The molecular weight excluding hydrogens is 98.0 g/mol. The first-order valence-corrected chi connectivity index (χ1v) is 1.88. The minimum atomic E-state index is -0.703. The van der Waals surface area contributed by atoms with E-state index in [4.69, 9.17) is 0 Å². The molecule has 0 saturated heterocycles. The zero-order valence-electron chi connectivity index (χ0n) is 3.83. The average molecular weight is 105 g/mol. The predicted molar refractivity (Wildman–Crippen MR) is 23.0 cm³/mol. The van der Waals surface area contributed by atoms with Gasteiger partial charge >= 0.3 is 0 Å². The maximum Gasteiger partial charge on any atom is 0.0621 e. The number of nitrogens with zero attached hydrogens (tertiary/aromatic N) is 2. The lowest BCUT2D eigenvalue weighted by atomic mass is 10.7. The molecule has 0 atom stereocenters. The second-order valence-corrected chi connectivity index (χ2v) is 0.956. The summed E-state index contributed by atoms with van der Waals surface area (Å²) in [5.41, 5.74) is 6.26. The number of quaternary nitrogens is 1. The molecular formula is C2H7N3O2. The first-order chi connectivity index (χ1) is 3.27. The fourth-order valence-electron chi connectivity index (χ4n) is 0.152. The smallest absolute Gasteiger partial charge is 0.0621 e.